The van der Waals surface area contributed by atoms with E-state index in [4.69, 9.17) is 9.72 Å². The van der Waals surface area contributed by atoms with Crippen molar-refractivity contribution in [2.45, 2.75) is 25.7 Å². The molecule has 0 radical (unpaired) electrons. The average Bonchev–Trinajstić information content (AvgIpc) is 2.79. The molecular weight excluding hydrogens is 376 g/mol. The average molecular weight is 402 g/mol. The van der Waals surface area contributed by atoms with Gasteiger partial charge in [0, 0.05) is 54.0 Å². The lowest BCUT2D eigenvalue weighted by atomic mass is 9.93. The standard InChI is InChI=1S/C24H26N4O2/c1-17-13-20(27-19-8-5-9-21(14-19)30-2)15-23(26-17)18-7-6-12-28(16-18)24(29)22-10-3-4-11-25-22/h3-5,8-11,13-15,18H,6-7,12,16H2,1-2H3,(H,26,27). The number of carbonyl (C=O) groups is 1. The highest BCUT2D eigenvalue weighted by Crippen LogP contribution is 2.30. The van der Waals surface area contributed by atoms with E-state index in [1.807, 2.05) is 54.3 Å². The van der Waals surface area contributed by atoms with Crippen LogP contribution >= 0.6 is 0 Å². The Hall–Kier alpha value is -3.41. The molecule has 1 atom stereocenters. The number of ether oxygens (including phenoxy) is 1. The summed E-state index contributed by atoms with van der Waals surface area (Å²) in [6.07, 6.45) is 3.63. The van der Waals surface area contributed by atoms with Gasteiger partial charge in [-0.1, -0.05) is 12.1 Å². The van der Waals surface area contributed by atoms with Crippen molar-refractivity contribution in [1.82, 2.24) is 14.9 Å². The molecule has 1 aliphatic rings. The zero-order valence-corrected chi connectivity index (χ0v) is 17.3. The lowest BCUT2D eigenvalue weighted by molar-refractivity contribution is 0.0700. The first-order chi connectivity index (χ1) is 14.6. The Morgan fingerprint density at radius 2 is 2.03 bits per heavy atom. The van der Waals surface area contributed by atoms with Crippen LogP contribution in [0.25, 0.3) is 0 Å². The van der Waals surface area contributed by atoms with Gasteiger partial charge >= 0.3 is 0 Å². The third kappa shape index (κ3) is 4.59. The Bertz CT molecular complexity index is 1020. The molecule has 154 valence electrons. The number of carbonyl (C=O) groups excluding carboxylic acids is 1. The van der Waals surface area contributed by atoms with E-state index in [-0.39, 0.29) is 11.8 Å². The number of likely N-dealkylation sites (tertiary alicyclic amines) is 1. The fraction of sp³-hybridized carbons (Fsp3) is 0.292. The largest absolute Gasteiger partial charge is 0.497 e. The van der Waals surface area contributed by atoms with E-state index < -0.39 is 0 Å². The molecule has 1 aliphatic heterocycles. The molecule has 2 aromatic heterocycles. The van der Waals surface area contributed by atoms with Crippen molar-refractivity contribution in [3.8, 4) is 5.75 Å². The highest BCUT2D eigenvalue weighted by Gasteiger charge is 2.27. The smallest absolute Gasteiger partial charge is 0.272 e. The van der Waals surface area contributed by atoms with Gasteiger partial charge in [0.25, 0.3) is 5.91 Å². The normalized spacial score (nSPS) is 16.2. The molecule has 30 heavy (non-hydrogen) atoms. The van der Waals surface area contributed by atoms with Gasteiger partial charge in [0.15, 0.2) is 0 Å². The lowest BCUT2D eigenvalue weighted by Gasteiger charge is -2.32. The van der Waals surface area contributed by atoms with Crippen LogP contribution in [0.15, 0.2) is 60.8 Å². The first-order valence-electron chi connectivity index (χ1n) is 10.2. The van der Waals surface area contributed by atoms with E-state index in [9.17, 15) is 4.79 Å². The van der Waals surface area contributed by atoms with Gasteiger partial charge in [-0.2, -0.15) is 0 Å². The molecule has 0 bridgehead atoms. The first-order valence-corrected chi connectivity index (χ1v) is 10.2. The number of methoxy groups -OCH3 is 1. The van der Waals surface area contributed by atoms with Gasteiger partial charge < -0.3 is 15.0 Å². The molecule has 1 saturated heterocycles. The Morgan fingerprint density at radius 1 is 1.13 bits per heavy atom. The molecule has 1 aromatic carbocycles. The maximum Gasteiger partial charge on any atom is 0.272 e. The summed E-state index contributed by atoms with van der Waals surface area (Å²) in [5.74, 6) is 1.00. The Balaban J connectivity index is 1.52. The van der Waals surface area contributed by atoms with Crippen LogP contribution < -0.4 is 10.1 Å². The SMILES string of the molecule is COc1cccc(Nc2cc(C)nc(C3CCCN(C(=O)c4ccccn4)C3)c2)c1. The molecule has 0 aliphatic carbocycles. The molecule has 6 nitrogen and oxygen atoms in total. The molecule has 0 spiro atoms. The maximum absolute atomic E-state index is 12.8. The highest BCUT2D eigenvalue weighted by molar-refractivity contribution is 5.92. The zero-order chi connectivity index (χ0) is 20.9. The second kappa shape index (κ2) is 8.95. The Labute approximate surface area is 176 Å². The lowest BCUT2D eigenvalue weighted by Crippen LogP contribution is -2.39. The number of rotatable bonds is 5. The maximum atomic E-state index is 12.8. The van der Waals surface area contributed by atoms with Crippen molar-refractivity contribution in [2.24, 2.45) is 0 Å². The highest BCUT2D eigenvalue weighted by atomic mass is 16.5. The van der Waals surface area contributed by atoms with Crippen LogP contribution in [0.2, 0.25) is 0 Å². The van der Waals surface area contributed by atoms with Crippen molar-refractivity contribution in [3.05, 3.63) is 77.9 Å². The zero-order valence-electron chi connectivity index (χ0n) is 17.3. The molecule has 4 rings (SSSR count). The van der Waals surface area contributed by atoms with Crippen LogP contribution in [0, 0.1) is 6.92 Å². The molecule has 1 N–H and O–H groups in total. The monoisotopic (exact) mass is 402 g/mol. The van der Waals surface area contributed by atoms with Crippen molar-refractivity contribution in [1.29, 1.82) is 0 Å². The predicted molar refractivity (Wildman–Crippen MR) is 117 cm³/mol. The van der Waals surface area contributed by atoms with Crippen LogP contribution in [0.4, 0.5) is 11.4 Å². The quantitative estimate of drug-likeness (QED) is 0.678. The van der Waals surface area contributed by atoms with E-state index in [2.05, 4.69) is 16.4 Å². The molecule has 3 heterocycles. The van der Waals surface area contributed by atoms with Gasteiger partial charge in [0.2, 0.25) is 0 Å². The number of nitrogens with zero attached hydrogens (tertiary/aromatic N) is 3. The van der Waals surface area contributed by atoms with Crippen molar-refractivity contribution < 1.29 is 9.53 Å². The number of hydrogen-bond donors (Lipinski definition) is 1. The van der Waals surface area contributed by atoms with Crippen molar-refractivity contribution in [3.63, 3.8) is 0 Å². The van der Waals surface area contributed by atoms with Crippen LogP contribution in [0.3, 0.4) is 0 Å². The summed E-state index contributed by atoms with van der Waals surface area (Å²) in [6.45, 7) is 3.41. The summed E-state index contributed by atoms with van der Waals surface area (Å²) >= 11 is 0. The topological polar surface area (TPSA) is 67.3 Å². The molecule has 6 heteroatoms. The minimum Gasteiger partial charge on any atom is -0.497 e. The summed E-state index contributed by atoms with van der Waals surface area (Å²) in [5, 5.41) is 3.45. The van der Waals surface area contributed by atoms with Gasteiger partial charge in [-0.3, -0.25) is 14.8 Å². The summed E-state index contributed by atoms with van der Waals surface area (Å²) in [6, 6.07) is 17.4. The van der Waals surface area contributed by atoms with Gasteiger partial charge in [-0.15, -0.1) is 0 Å². The molecule has 1 amide bonds. The number of aromatic nitrogens is 2. The third-order valence-corrected chi connectivity index (χ3v) is 5.34. The molecular formula is C24H26N4O2. The number of pyridine rings is 2. The van der Waals surface area contributed by atoms with E-state index in [1.54, 1.807) is 19.4 Å². The van der Waals surface area contributed by atoms with Crippen LogP contribution in [0.1, 0.15) is 40.6 Å². The fourth-order valence-electron chi connectivity index (χ4n) is 3.90. The van der Waals surface area contributed by atoms with E-state index in [0.717, 1.165) is 47.9 Å². The number of anilines is 2. The number of hydrogen-bond acceptors (Lipinski definition) is 5. The van der Waals surface area contributed by atoms with Gasteiger partial charge in [0.05, 0.1) is 7.11 Å². The predicted octanol–water partition coefficient (Wildman–Crippen LogP) is 4.56. The minimum absolute atomic E-state index is 0.0114. The van der Waals surface area contributed by atoms with Crippen LogP contribution in [-0.2, 0) is 0 Å². The summed E-state index contributed by atoms with van der Waals surface area (Å²) < 4.78 is 5.31. The third-order valence-electron chi connectivity index (χ3n) is 5.34. The van der Waals surface area contributed by atoms with Gasteiger partial charge in [-0.05, 0) is 56.2 Å². The first kappa shape index (κ1) is 19.9. The number of benzene rings is 1. The summed E-state index contributed by atoms with van der Waals surface area (Å²) in [5.41, 5.74) is 4.40. The summed E-state index contributed by atoms with van der Waals surface area (Å²) in [7, 11) is 1.66. The Morgan fingerprint density at radius 3 is 2.83 bits per heavy atom. The second-order valence-electron chi connectivity index (χ2n) is 7.58. The fourth-order valence-corrected chi connectivity index (χ4v) is 3.90. The van der Waals surface area contributed by atoms with Crippen LogP contribution in [-0.4, -0.2) is 41.0 Å². The molecule has 0 saturated carbocycles. The molecule has 3 aromatic rings. The summed E-state index contributed by atoms with van der Waals surface area (Å²) in [4.78, 5) is 23.7. The molecule has 1 fully saturated rings. The van der Waals surface area contributed by atoms with E-state index in [0.29, 0.717) is 12.2 Å². The molecule has 1 unspecified atom stereocenters. The minimum atomic E-state index is -0.0114. The number of amides is 1. The van der Waals surface area contributed by atoms with Gasteiger partial charge in [0.1, 0.15) is 11.4 Å². The van der Waals surface area contributed by atoms with Crippen LogP contribution in [0.5, 0.6) is 5.75 Å². The van der Waals surface area contributed by atoms with Crippen molar-refractivity contribution in [2.75, 3.05) is 25.5 Å². The van der Waals surface area contributed by atoms with E-state index >= 15 is 0 Å². The number of piperidine rings is 1. The number of aryl methyl sites for hydroxylation is 1. The van der Waals surface area contributed by atoms with Crippen molar-refractivity contribution >= 4 is 17.3 Å². The van der Waals surface area contributed by atoms with Gasteiger partial charge in [-0.25, -0.2) is 0 Å². The Kier molecular flexibility index (Phi) is 5.93. The number of nitrogens with one attached hydrogen (secondary N) is 1. The van der Waals surface area contributed by atoms with E-state index in [1.165, 1.54) is 0 Å². The second-order valence-corrected chi connectivity index (χ2v) is 7.58.